The summed E-state index contributed by atoms with van der Waals surface area (Å²) in [5.41, 5.74) is 6.41. The van der Waals surface area contributed by atoms with Crippen molar-refractivity contribution in [1.82, 2.24) is 10.6 Å². The lowest BCUT2D eigenvalue weighted by Gasteiger charge is -2.07. The van der Waals surface area contributed by atoms with Crippen LogP contribution in [0.1, 0.15) is 37.0 Å². The maximum atomic E-state index is 11.9. The summed E-state index contributed by atoms with van der Waals surface area (Å²) in [6, 6.07) is 7.27. The van der Waals surface area contributed by atoms with Crippen LogP contribution in [0.15, 0.2) is 33.7 Å². The van der Waals surface area contributed by atoms with Crippen molar-refractivity contribution in [3.63, 3.8) is 0 Å². The van der Waals surface area contributed by atoms with E-state index in [-0.39, 0.29) is 5.91 Å². The molecule has 0 saturated carbocycles. The van der Waals surface area contributed by atoms with Crippen LogP contribution >= 0.6 is 15.9 Å². The number of nitrogens with one attached hydrogen (secondary N) is 2. The van der Waals surface area contributed by atoms with Crippen LogP contribution in [-0.2, 0) is 0 Å². The van der Waals surface area contributed by atoms with Crippen molar-refractivity contribution in [2.75, 3.05) is 19.6 Å². The van der Waals surface area contributed by atoms with Gasteiger partial charge in [-0.2, -0.15) is 0 Å². The fraction of sp³-hybridized carbons (Fsp3) is 0.500. The minimum Gasteiger partial charge on any atom is -0.370 e. The number of guanidine groups is 1. The molecule has 0 fully saturated rings. The van der Waals surface area contributed by atoms with E-state index in [1.165, 1.54) is 0 Å². The Labute approximate surface area is 140 Å². The SMILES string of the molecule is CC(C)CCNC(N)=NCCCNC(=O)c1ccc(Br)cc1. The van der Waals surface area contributed by atoms with E-state index in [0.717, 1.165) is 23.9 Å². The molecule has 0 spiro atoms. The Morgan fingerprint density at radius 1 is 1.23 bits per heavy atom. The summed E-state index contributed by atoms with van der Waals surface area (Å²) < 4.78 is 0.957. The lowest BCUT2D eigenvalue weighted by atomic mass is 10.1. The molecule has 0 aromatic heterocycles. The predicted octanol–water partition coefficient (Wildman–Crippen LogP) is 2.52. The molecule has 1 aromatic carbocycles. The normalized spacial score (nSPS) is 11.5. The summed E-state index contributed by atoms with van der Waals surface area (Å²) in [7, 11) is 0. The van der Waals surface area contributed by atoms with E-state index in [2.05, 4.69) is 45.4 Å². The molecule has 0 saturated heterocycles. The largest absolute Gasteiger partial charge is 0.370 e. The van der Waals surface area contributed by atoms with Gasteiger partial charge in [0.05, 0.1) is 0 Å². The van der Waals surface area contributed by atoms with Crippen LogP contribution in [0.5, 0.6) is 0 Å². The van der Waals surface area contributed by atoms with Crippen molar-refractivity contribution in [3.05, 3.63) is 34.3 Å². The van der Waals surface area contributed by atoms with Crippen LogP contribution in [0.25, 0.3) is 0 Å². The van der Waals surface area contributed by atoms with Gasteiger partial charge >= 0.3 is 0 Å². The molecular weight excluding hydrogens is 344 g/mol. The summed E-state index contributed by atoms with van der Waals surface area (Å²) in [5.74, 6) is 1.05. The highest BCUT2D eigenvalue weighted by Crippen LogP contribution is 2.10. The number of amides is 1. The average Bonchev–Trinajstić information content (AvgIpc) is 2.47. The number of nitrogens with two attached hydrogens (primary N) is 1. The quantitative estimate of drug-likeness (QED) is 0.374. The molecule has 0 atom stereocenters. The summed E-state index contributed by atoms with van der Waals surface area (Å²) in [5, 5.41) is 5.95. The van der Waals surface area contributed by atoms with Crippen LogP contribution in [0.3, 0.4) is 0 Å². The van der Waals surface area contributed by atoms with Gasteiger partial charge in [-0.1, -0.05) is 29.8 Å². The lowest BCUT2D eigenvalue weighted by molar-refractivity contribution is 0.0953. The van der Waals surface area contributed by atoms with E-state index in [9.17, 15) is 4.79 Å². The smallest absolute Gasteiger partial charge is 0.251 e. The maximum absolute atomic E-state index is 11.9. The number of halogens is 1. The van der Waals surface area contributed by atoms with Crippen LogP contribution in [-0.4, -0.2) is 31.5 Å². The zero-order valence-corrected chi connectivity index (χ0v) is 14.8. The Bertz CT molecular complexity index is 485. The molecule has 0 bridgehead atoms. The molecule has 0 aliphatic carbocycles. The molecule has 0 aliphatic heterocycles. The minimum atomic E-state index is -0.0699. The van der Waals surface area contributed by atoms with E-state index in [1.807, 2.05) is 12.1 Å². The van der Waals surface area contributed by atoms with Crippen molar-refractivity contribution in [1.29, 1.82) is 0 Å². The molecule has 122 valence electrons. The van der Waals surface area contributed by atoms with E-state index >= 15 is 0 Å². The molecule has 0 heterocycles. The van der Waals surface area contributed by atoms with Gasteiger partial charge in [0, 0.05) is 29.7 Å². The second-order valence-corrected chi connectivity index (χ2v) is 6.41. The Balaban J connectivity index is 2.16. The highest BCUT2D eigenvalue weighted by molar-refractivity contribution is 9.10. The molecule has 1 aromatic rings. The third kappa shape index (κ3) is 8.02. The first-order valence-electron chi connectivity index (χ1n) is 7.56. The molecule has 0 aliphatic rings. The number of benzene rings is 1. The van der Waals surface area contributed by atoms with Gasteiger partial charge in [0.2, 0.25) is 0 Å². The fourth-order valence-electron chi connectivity index (χ4n) is 1.73. The molecule has 1 amide bonds. The van der Waals surface area contributed by atoms with Gasteiger partial charge in [0.25, 0.3) is 5.91 Å². The van der Waals surface area contributed by atoms with Crippen molar-refractivity contribution in [3.8, 4) is 0 Å². The molecule has 0 radical (unpaired) electrons. The van der Waals surface area contributed by atoms with Crippen molar-refractivity contribution in [2.24, 2.45) is 16.6 Å². The van der Waals surface area contributed by atoms with Gasteiger partial charge < -0.3 is 16.4 Å². The Hall–Kier alpha value is -1.56. The number of carbonyl (C=O) groups is 1. The first-order chi connectivity index (χ1) is 10.5. The average molecular weight is 369 g/mol. The molecule has 1 rings (SSSR count). The van der Waals surface area contributed by atoms with Crippen molar-refractivity contribution < 1.29 is 4.79 Å². The molecule has 5 nitrogen and oxygen atoms in total. The number of aliphatic imine (C=N–C) groups is 1. The van der Waals surface area contributed by atoms with Gasteiger partial charge in [0.1, 0.15) is 0 Å². The Morgan fingerprint density at radius 3 is 2.55 bits per heavy atom. The number of carbonyl (C=O) groups excluding carboxylic acids is 1. The van der Waals surface area contributed by atoms with Crippen LogP contribution in [0, 0.1) is 5.92 Å². The van der Waals surface area contributed by atoms with Gasteiger partial charge in [-0.15, -0.1) is 0 Å². The first-order valence-corrected chi connectivity index (χ1v) is 8.36. The van der Waals surface area contributed by atoms with Gasteiger partial charge in [-0.3, -0.25) is 9.79 Å². The first kappa shape index (κ1) is 18.5. The van der Waals surface area contributed by atoms with E-state index in [0.29, 0.717) is 30.5 Å². The highest BCUT2D eigenvalue weighted by atomic mass is 79.9. The zero-order chi connectivity index (χ0) is 16.4. The predicted molar refractivity (Wildman–Crippen MR) is 95.0 cm³/mol. The second-order valence-electron chi connectivity index (χ2n) is 5.49. The summed E-state index contributed by atoms with van der Waals surface area (Å²) in [4.78, 5) is 16.1. The van der Waals surface area contributed by atoms with E-state index < -0.39 is 0 Å². The monoisotopic (exact) mass is 368 g/mol. The van der Waals surface area contributed by atoms with E-state index in [4.69, 9.17) is 5.73 Å². The number of rotatable bonds is 8. The van der Waals surface area contributed by atoms with Crippen LogP contribution in [0.2, 0.25) is 0 Å². The molecular formula is C16H25BrN4O. The minimum absolute atomic E-state index is 0.0699. The van der Waals surface area contributed by atoms with Gasteiger partial charge in [-0.25, -0.2) is 0 Å². The second kappa shape index (κ2) is 10.2. The van der Waals surface area contributed by atoms with Crippen LogP contribution in [0.4, 0.5) is 0 Å². The highest BCUT2D eigenvalue weighted by Gasteiger charge is 2.03. The molecule has 4 N–H and O–H groups in total. The van der Waals surface area contributed by atoms with Crippen molar-refractivity contribution >= 4 is 27.8 Å². The summed E-state index contributed by atoms with van der Waals surface area (Å²) in [6.45, 7) is 6.36. The molecule has 22 heavy (non-hydrogen) atoms. The van der Waals surface area contributed by atoms with Crippen LogP contribution < -0.4 is 16.4 Å². The standard InChI is InChI=1S/C16H25BrN4O/c1-12(2)8-11-21-16(18)20-10-3-9-19-15(22)13-4-6-14(17)7-5-13/h4-7,12H,3,8-11H2,1-2H3,(H,19,22)(H3,18,20,21). The number of nitrogens with zero attached hydrogens (tertiary/aromatic N) is 1. The van der Waals surface area contributed by atoms with Gasteiger partial charge in [-0.05, 0) is 43.0 Å². The third-order valence-electron chi connectivity index (χ3n) is 3.04. The maximum Gasteiger partial charge on any atom is 0.251 e. The molecule has 6 heteroatoms. The Morgan fingerprint density at radius 2 is 1.91 bits per heavy atom. The molecule has 0 unspecified atom stereocenters. The Kier molecular flexibility index (Phi) is 8.58. The van der Waals surface area contributed by atoms with Gasteiger partial charge in [0.15, 0.2) is 5.96 Å². The van der Waals surface area contributed by atoms with Crippen molar-refractivity contribution in [2.45, 2.75) is 26.7 Å². The fourth-order valence-corrected chi connectivity index (χ4v) is 1.99. The third-order valence-corrected chi connectivity index (χ3v) is 3.57. The topological polar surface area (TPSA) is 79.5 Å². The lowest BCUT2D eigenvalue weighted by Crippen LogP contribution is -2.33. The summed E-state index contributed by atoms with van der Waals surface area (Å²) in [6.07, 6.45) is 1.83. The zero-order valence-electron chi connectivity index (χ0n) is 13.2. The number of hydrogen-bond acceptors (Lipinski definition) is 2. The number of hydrogen-bond donors (Lipinski definition) is 3. The summed E-state index contributed by atoms with van der Waals surface area (Å²) >= 11 is 3.34. The van der Waals surface area contributed by atoms with E-state index in [1.54, 1.807) is 12.1 Å².